The van der Waals surface area contributed by atoms with Crippen molar-refractivity contribution in [3.8, 4) is 0 Å². The van der Waals surface area contributed by atoms with Crippen LogP contribution in [0.4, 0.5) is 0 Å². The van der Waals surface area contributed by atoms with E-state index >= 15 is 0 Å². The summed E-state index contributed by atoms with van der Waals surface area (Å²) >= 11 is 0. The van der Waals surface area contributed by atoms with Crippen molar-refractivity contribution in [2.24, 2.45) is 0 Å². The lowest BCUT2D eigenvalue weighted by molar-refractivity contribution is -0.157. The highest BCUT2D eigenvalue weighted by molar-refractivity contribution is 7.89. The summed E-state index contributed by atoms with van der Waals surface area (Å²) in [4.78, 5) is 50.2. The summed E-state index contributed by atoms with van der Waals surface area (Å²) in [5, 5.41) is 9.39. The van der Waals surface area contributed by atoms with Crippen molar-refractivity contribution >= 4 is 33.8 Å². The lowest BCUT2D eigenvalue weighted by atomic mass is 10.1. The summed E-state index contributed by atoms with van der Waals surface area (Å²) < 4.78 is 38.6. The number of sulfonamides is 1. The van der Waals surface area contributed by atoms with E-state index in [-0.39, 0.29) is 25.6 Å². The Morgan fingerprint density at radius 3 is 2.31 bits per heavy atom. The number of carbonyl (C=O) groups is 4. The SMILES string of the molecule is CCOC(=O)CCN(C(=O)[C@H](CC(=O)OC(C)(C)C)NS(=O)(=O)c1ccccc1C(=O)O)C1CC1. The molecule has 1 fully saturated rings. The van der Waals surface area contributed by atoms with Gasteiger partial charge < -0.3 is 19.5 Å². The molecule has 2 N–H and O–H groups in total. The number of carboxylic acids is 1. The van der Waals surface area contributed by atoms with E-state index < -0.39 is 62.4 Å². The van der Waals surface area contributed by atoms with Crippen molar-refractivity contribution in [2.75, 3.05) is 13.2 Å². The van der Waals surface area contributed by atoms with E-state index in [1.54, 1.807) is 27.7 Å². The second-order valence-corrected chi connectivity index (χ2v) is 10.8. The van der Waals surface area contributed by atoms with Gasteiger partial charge in [0.05, 0.1) is 29.9 Å². The molecular formula is C23H32N2O9S. The molecule has 12 heteroatoms. The number of amides is 1. The summed E-state index contributed by atoms with van der Waals surface area (Å²) in [6.07, 6.45) is 0.627. The van der Waals surface area contributed by atoms with Gasteiger partial charge in [-0.15, -0.1) is 0 Å². The van der Waals surface area contributed by atoms with Gasteiger partial charge in [0.25, 0.3) is 0 Å². The van der Waals surface area contributed by atoms with Gasteiger partial charge in [0.1, 0.15) is 11.6 Å². The Balaban J connectivity index is 2.35. The molecule has 2 rings (SSSR count). The van der Waals surface area contributed by atoms with Crippen LogP contribution in [0.3, 0.4) is 0 Å². The van der Waals surface area contributed by atoms with Crippen LogP contribution in [0.1, 0.15) is 63.7 Å². The molecule has 1 aromatic rings. The van der Waals surface area contributed by atoms with Crippen LogP contribution in [0.5, 0.6) is 0 Å². The number of hydrogen-bond donors (Lipinski definition) is 2. The first-order valence-electron chi connectivity index (χ1n) is 11.3. The smallest absolute Gasteiger partial charge is 0.337 e. The maximum absolute atomic E-state index is 13.4. The second kappa shape index (κ2) is 11.6. The molecule has 11 nitrogen and oxygen atoms in total. The number of nitrogens with one attached hydrogen (secondary N) is 1. The molecule has 1 aliphatic rings. The van der Waals surface area contributed by atoms with E-state index in [0.29, 0.717) is 12.8 Å². The third-order valence-corrected chi connectivity index (χ3v) is 6.46. The Labute approximate surface area is 204 Å². The van der Waals surface area contributed by atoms with Crippen LogP contribution in [0.2, 0.25) is 0 Å². The molecule has 1 atom stereocenters. The fourth-order valence-corrected chi connectivity index (χ4v) is 4.75. The van der Waals surface area contributed by atoms with Gasteiger partial charge in [-0.2, -0.15) is 4.72 Å². The minimum absolute atomic E-state index is 0.0133. The van der Waals surface area contributed by atoms with Gasteiger partial charge in [0.15, 0.2) is 0 Å². The molecule has 0 aromatic heterocycles. The first kappa shape index (κ1) is 28.2. The number of nitrogens with zero attached hydrogens (tertiary/aromatic N) is 1. The maximum atomic E-state index is 13.4. The zero-order chi connectivity index (χ0) is 26.4. The van der Waals surface area contributed by atoms with Gasteiger partial charge in [-0.25, -0.2) is 13.2 Å². The first-order chi connectivity index (χ1) is 16.2. The third-order valence-electron chi connectivity index (χ3n) is 4.93. The highest BCUT2D eigenvalue weighted by Gasteiger charge is 2.39. The van der Waals surface area contributed by atoms with Crippen LogP contribution in [0.25, 0.3) is 0 Å². The second-order valence-electron chi connectivity index (χ2n) is 9.08. The highest BCUT2D eigenvalue weighted by Crippen LogP contribution is 2.28. The summed E-state index contributed by atoms with van der Waals surface area (Å²) in [6, 6.07) is 3.17. The number of esters is 2. The van der Waals surface area contributed by atoms with E-state index in [2.05, 4.69) is 4.72 Å². The molecule has 0 aliphatic heterocycles. The Morgan fingerprint density at radius 2 is 1.77 bits per heavy atom. The molecule has 0 unspecified atom stereocenters. The van der Waals surface area contributed by atoms with Crippen LogP contribution in [-0.4, -0.2) is 73.1 Å². The Kier molecular flexibility index (Phi) is 9.38. The van der Waals surface area contributed by atoms with Gasteiger partial charge in [-0.05, 0) is 52.7 Å². The number of carbonyl (C=O) groups excluding carboxylic acids is 3. The first-order valence-corrected chi connectivity index (χ1v) is 12.8. The monoisotopic (exact) mass is 512 g/mol. The van der Waals surface area contributed by atoms with E-state index in [4.69, 9.17) is 9.47 Å². The van der Waals surface area contributed by atoms with E-state index in [1.807, 2.05) is 0 Å². The zero-order valence-electron chi connectivity index (χ0n) is 20.3. The molecule has 1 aromatic carbocycles. The quantitative estimate of drug-likeness (QED) is 0.398. The van der Waals surface area contributed by atoms with Gasteiger partial charge in [-0.1, -0.05) is 12.1 Å². The minimum atomic E-state index is -4.53. The number of ether oxygens (including phenoxy) is 2. The molecule has 35 heavy (non-hydrogen) atoms. The predicted octanol–water partition coefficient (Wildman–Crippen LogP) is 1.71. The van der Waals surface area contributed by atoms with Crippen molar-refractivity contribution in [1.29, 1.82) is 0 Å². The topological polar surface area (TPSA) is 156 Å². The third kappa shape index (κ3) is 8.62. The summed E-state index contributed by atoms with van der Waals surface area (Å²) in [5.41, 5.74) is -1.36. The molecule has 0 saturated heterocycles. The highest BCUT2D eigenvalue weighted by atomic mass is 32.2. The number of rotatable bonds is 12. The van der Waals surface area contributed by atoms with Gasteiger partial charge in [0.2, 0.25) is 15.9 Å². The van der Waals surface area contributed by atoms with Gasteiger partial charge >= 0.3 is 17.9 Å². The number of aromatic carboxylic acids is 1. The number of hydrogen-bond acceptors (Lipinski definition) is 8. The molecule has 1 amide bonds. The fourth-order valence-electron chi connectivity index (χ4n) is 3.36. The van der Waals surface area contributed by atoms with E-state index in [1.165, 1.54) is 17.0 Å². The molecule has 1 aliphatic carbocycles. The zero-order valence-corrected chi connectivity index (χ0v) is 21.1. The summed E-state index contributed by atoms with van der Waals surface area (Å²) in [5.74, 6) is -3.49. The lowest BCUT2D eigenvalue weighted by Crippen LogP contribution is -2.51. The fraction of sp³-hybridized carbons (Fsp3) is 0.565. The molecule has 194 valence electrons. The maximum Gasteiger partial charge on any atom is 0.337 e. The van der Waals surface area contributed by atoms with Crippen molar-refractivity contribution in [3.05, 3.63) is 29.8 Å². The van der Waals surface area contributed by atoms with Crippen LogP contribution >= 0.6 is 0 Å². The standard InChI is InChI=1S/C23H32N2O9S/c1-5-33-19(26)12-13-25(15-10-11-15)21(28)17(14-20(27)34-23(2,3)4)24-35(31,32)18-9-7-6-8-16(18)22(29)30/h6-9,15,17,24H,5,10-14H2,1-4H3,(H,29,30)/t17-/m0/s1. The minimum Gasteiger partial charge on any atom is -0.478 e. The molecule has 0 heterocycles. The van der Waals surface area contributed by atoms with Gasteiger partial charge in [0, 0.05) is 12.6 Å². The predicted molar refractivity (Wildman–Crippen MR) is 124 cm³/mol. The normalized spacial score (nSPS) is 14.6. The van der Waals surface area contributed by atoms with Crippen molar-refractivity contribution in [3.63, 3.8) is 0 Å². The summed E-state index contributed by atoms with van der Waals surface area (Å²) in [6.45, 7) is 6.71. The molecule has 0 bridgehead atoms. The van der Waals surface area contributed by atoms with Crippen LogP contribution in [-0.2, 0) is 33.9 Å². The summed E-state index contributed by atoms with van der Waals surface area (Å²) in [7, 11) is -4.53. The number of benzene rings is 1. The Hall–Kier alpha value is -2.99. The van der Waals surface area contributed by atoms with Crippen LogP contribution in [0, 0.1) is 0 Å². The lowest BCUT2D eigenvalue weighted by Gasteiger charge is -2.28. The van der Waals surface area contributed by atoms with Crippen LogP contribution < -0.4 is 4.72 Å². The molecular weight excluding hydrogens is 480 g/mol. The van der Waals surface area contributed by atoms with Crippen molar-refractivity contribution < 1.29 is 42.2 Å². The van der Waals surface area contributed by atoms with Crippen LogP contribution in [0.15, 0.2) is 29.2 Å². The van der Waals surface area contributed by atoms with Gasteiger partial charge in [-0.3, -0.25) is 14.4 Å². The Bertz CT molecular complexity index is 1060. The van der Waals surface area contributed by atoms with E-state index in [9.17, 15) is 32.7 Å². The van der Waals surface area contributed by atoms with Crippen molar-refractivity contribution in [2.45, 2.75) is 76.0 Å². The average molecular weight is 513 g/mol. The molecule has 0 radical (unpaired) electrons. The average Bonchev–Trinajstić information content (AvgIpc) is 3.57. The van der Waals surface area contributed by atoms with Crippen molar-refractivity contribution in [1.82, 2.24) is 9.62 Å². The molecule has 1 saturated carbocycles. The number of carboxylic acid groups (broad SMARTS) is 1. The van der Waals surface area contributed by atoms with E-state index in [0.717, 1.165) is 12.1 Å². The Morgan fingerprint density at radius 1 is 1.14 bits per heavy atom. The molecule has 0 spiro atoms. The largest absolute Gasteiger partial charge is 0.478 e.